The number of anilines is 1. The molecule has 17 heavy (non-hydrogen) atoms. The van der Waals surface area contributed by atoms with E-state index in [1.165, 1.54) is 0 Å². The van der Waals surface area contributed by atoms with E-state index < -0.39 is 0 Å². The number of methoxy groups -OCH3 is 1. The van der Waals surface area contributed by atoms with Crippen LogP contribution in [0.15, 0.2) is 18.2 Å². The third-order valence-electron chi connectivity index (χ3n) is 2.43. The molecule has 5 heteroatoms. The van der Waals surface area contributed by atoms with Crippen molar-refractivity contribution >= 4 is 11.6 Å². The van der Waals surface area contributed by atoms with Crippen molar-refractivity contribution < 1.29 is 9.53 Å². The molecule has 0 radical (unpaired) electrons. The average molecular weight is 237 g/mol. The van der Waals surface area contributed by atoms with E-state index in [1.54, 1.807) is 19.2 Å². The summed E-state index contributed by atoms with van der Waals surface area (Å²) >= 11 is 0. The number of nitrogens with two attached hydrogens (primary N) is 1. The molecule has 0 aliphatic rings. The summed E-state index contributed by atoms with van der Waals surface area (Å²) in [7, 11) is 1.61. The van der Waals surface area contributed by atoms with E-state index in [0.717, 1.165) is 11.3 Å². The molecule has 4 N–H and O–H groups in total. The highest BCUT2D eigenvalue weighted by Gasteiger charge is 2.11. The van der Waals surface area contributed by atoms with Gasteiger partial charge >= 0.3 is 0 Å². The average Bonchev–Trinajstić information content (AvgIpc) is 2.28. The molecule has 1 atom stereocenters. The Balaban J connectivity index is 2.75. The van der Waals surface area contributed by atoms with Crippen molar-refractivity contribution in [2.75, 3.05) is 19.1 Å². The standard InChI is InChI=1S/C12H19N3O2/c1-8-6-10(15-13)4-5-11(8)12(16)14-9(2)7-17-3/h4-6,9,15H,7,13H2,1-3H3,(H,14,16). The first-order valence-electron chi connectivity index (χ1n) is 5.45. The first kappa shape index (κ1) is 13.5. The Morgan fingerprint density at radius 2 is 2.24 bits per heavy atom. The largest absolute Gasteiger partial charge is 0.383 e. The number of aryl methyl sites for hydroxylation is 1. The second kappa shape index (κ2) is 6.22. The fraction of sp³-hybridized carbons (Fsp3) is 0.417. The number of benzene rings is 1. The van der Waals surface area contributed by atoms with Crippen LogP contribution in [0.4, 0.5) is 5.69 Å². The Morgan fingerprint density at radius 1 is 1.53 bits per heavy atom. The summed E-state index contributed by atoms with van der Waals surface area (Å²) in [6.07, 6.45) is 0. The molecule has 0 aromatic heterocycles. The third-order valence-corrected chi connectivity index (χ3v) is 2.43. The van der Waals surface area contributed by atoms with Crippen LogP contribution in [0.2, 0.25) is 0 Å². The topological polar surface area (TPSA) is 76.4 Å². The lowest BCUT2D eigenvalue weighted by atomic mass is 10.1. The summed E-state index contributed by atoms with van der Waals surface area (Å²) in [6, 6.07) is 5.33. The summed E-state index contributed by atoms with van der Waals surface area (Å²) in [5.41, 5.74) is 4.85. The number of ether oxygens (including phenoxy) is 1. The number of hydrogen-bond donors (Lipinski definition) is 3. The van der Waals surface area contributed by atoms with Crippen LogP contribution in [0.5, 0.6) is 0 Å². The summed E-state index contributed by atoms with van der Waals surface area (Å²) in [5.74, 6) is 5.20. The molecular weight excluding hydrogens is 218 g/mol. The number of nitrogen functional groups attached to an aromatic ring is 1. The highest BCUT2D eigenvalue weighted by molar-refractivity contribution is 5.96. The Labute approximate surface area is 101 Å². The molecule has 0 saturated heterocycles. The summed E-state index contributed by atoms with van der Waals surface area (Å²) < 4.78 is 4.97. The lowest BCUT2D eigenvalue weighted by Crippen LogP contribution is -2.35. The van der Waals surface area contributed by atoms with E-state index in [9.17, 15) is 4.79 Å². The number of hydrazine groups is 1. The summed E-state index contributed by atoms with van der Waals surface area (Å²) in [5, 5.41) is 2.86. The zero-order chi connectivity index (χ0) is 12.8. The molecule has 0 bridgehead atoms. The zero-order valence-electron chi connectivity index (χ0n) is 10.4. The second-order valence-electron chi connectivity index (χ2n) is 4.00. The second-order valence-corrected chi connectivity index (χ2v) is 4.00. The van der Waals surface area contributed by atoms with Gasteiger partial charge in [-0.15, -0.1) is 0 Å². The Bertz CT molecular complexity index is 393. The molecule has 0 heterocycles. The van der Waals surface area contributed by atoms with Gasteiger partial charge in [0.2, 0.25) is 0 Å². The monoisotopic (exact) mass is 237 g/mol. The minimum absolute atomic E-state index is 0.0146. The normalized spacial score (nSPS) is 12.0. The van der Waals surface area contributed by atoms with Gasteiger partial charge in [-0.3, -0.25) is 10.6 Å². The zero-order valence-corrected chi connectivity index (χ0v) is 10.4. The number of carbonyl (C=O) groups is 1. The van der Waals surface area contributed by atoms with Gasteiger partial charge in [-0.1, -0.05) is 0 Å². The lowest BCUT2D eigenvalue weighted by molar-refractivity contribution is 0.0905. The van der Waals surface area contributed by atoms with Crippen LogP contribution in [0.1, 0.15) is 22.8 Å². The SMILES string of the molecule is COCC(C)NC(=O)c1ccc(NN)cc1C. The van der Waals surface area contributed by atoms with Crippen molar-refractivity contribution in [3.8, 4) is 0 Å². The van der Waals surface area contributed by atoms with Crippen LogP contribution >= 0.6 is 0 Å². The van der Waals surface area contributed by atoms with Gasteiger partial charge in [0, 0.05) is 24.4 Å². The van der Waals surface area contributed by atoms with Gasteiger partial charge in [0.05, 0.1) is 6.61 Å². The highest BCUT2D eigenvalue weighted by atomic mass is 16.5. The molecule has 0 saturated carbocycles. The number of carbonyl (C=O) groups excluding carboxylic acids is 1. The summed E-state index contributed by atoms with van der Waals surface area (Å²) in [6.45, 7) is 4.26. The predicted octanol–water partition coefficient (Wildman–Crippen LogP) is 1.05. The third kappa shape index (κ3) is 3.72. The Kier molecular flexibility index (Phi) is 4.93. The molecule has 1 unspecified atom stereocenters. The smallest absolute Gasteiger partial charge is 0.251 e. The number of amides is 1. The van der Waals surface area contributed by atoms with Crippen LogP contribution in [0.25, 0.3) is 0 Å². The number of hydrogen-bond acceptors (Lipinski definition) is 4. The van der Waals surface area contributed by atoms with Crippen LogP contribution in [-0.2, 0) is 4.74 Å². The van der Waals surface area contributed by atoms with Gasteiger partial charge in [-0.2, -0.15) is 0 Å². The van der Waals surface area contributed by atoms with Crippen molar-refractivity contribution in [1.82, 2.24) is 5.32 Å². The van der Waals surface area contributed by atoms with Gasteiger partial charge < -0.3 is 15.5 Å². The van der Waals surface area contributed by atoms with Crippen LogP contribution in [-0.4, -0.2) is 25.7 Å². The number of nitrogens with one attached hydrogen (secondary N) is 2. The molecular formula is C12H19N3O2. The van der Waals surface area contributed by atoms with Gasteiger partial charge in [0.25, 0.3) is 5.91 Å². The Hall–Kier alpha value is -1.59. The van der Waals surface area contributed by atoms with Crippen LogP contribution in [0, 0.1) is 6.92 Å². The maximum absolute atomic E-state index is 11.9. The predicted molar refractivity (Wildman–Crippen MR) is 67.8 cm³/mol. The van der Waals surface area contributed by atoms with E-state index in [4.69, 9.17) is 10.6 Å². The van der Waals surface area contributed by atoms with Crippen molar-refractivity contribution in [1.29, 1.82) is 0 Å². The van der Waals surface area contributed by atoms with E-state index >= 15 is 0 Å². The van der Waals surface area contributed by atoms with E-state index in [1.807, 2.05) is 19.9 Å². The minimum Gasteiger partial charge on any atom is -0.383 e. The van der Waals surface area contributed by atoms with E-state index in [-0.39, 0.29) is 11.9 Å². The fourth-order valence-corrected chi connectivity index (χ4v) is 1.60. The van der Waals surface area contributed by atoms with E-state index in [2.05, 4.69) is 10.7 Å². The van der Waals surface area contributed by atoms with Crippen molar-refractivity contribution in [3.05, 3.63) is 29.3 Å². The molecule has 1 aromatic rings. The van der Waals surface area contributed by atoms with Gasteiger partial charge in [-0.25, -0.2) is 0 Å². The van der Waals surface area contributed by atoms with Crippen molar-refractivity contribution in [2.24, 2.45) is 5.84 Å². The molecule has 1 amide bonds. The minimum atomic E-state index is -0.101. The van der Waals surface area contributed by atoms with Gasteiger partial charge in [0.15, 0.2) is 0 Å². The van der Waals surface area contributed by atoms with Gasteiger partial charge in [0.1, 0.15) is 0 Å². The summed E-state index contributed by atoms with van der Waals surface area (Å²) in [4.78, 5) is 11.9. The van der Waals surface area contributed by atoms with Crippen molar-refractivity contribution in [3.63, 3.8) is 0 Å². The maximum Gasteiger partial charge on any atom is 0.251 e. The maximum atomic E-state index is 11.9. The molecule has 0 fully saturated rings. The lowest BCUT2D eigenvalue weighted by Gasteiger charge is -2.14. The molecule has 1 aromatic carbocycles. The highest BCUT2D eigenvalue weighted by Crippen LogP contribution is 2.14. The fourth-order valence-electron chi connectivity index (χ4n) is 1.60. The Morgan fingerprint density at radius 3 is 2.76 bits per heavy atom. The molecule has 94 valence electrons. The quantitative estimate of drug-likeness (QED) is 0.528. The molecule has 0 aliphatic heterocycles. The molecule has 5 nitrogen and oxygen atoms in total. The first-order chi connectivity index (χ1) is 8.08. The van der Waals surface area contributed by atoms with E-state index in [0.29, 0.717) is 12.2 Å². The van der Waals surface area contributed by atoms with Crippen LogP contribution in [0.3, 0.4) is 0 Å². The van der Waals surface area contributed by atoms with Crippen molar-refractivity contribution in [2.45, 2.75) is 19.9 Å². The number of rotatable bonds is 5. The molecule has 0 aliphatic carbocycles. The van der Waals surface area contributed by atoms with Gasteiger partial charge in [-0.05, 0) is 37.6 Å². The molecule has 0 spiro atoms. The molecule has 1 rings (SSSR count). The van der Waals surface area contributed by atoms with Crippen LogP contribution < -0.4 is 16.6 Å². The first-order valence-corrected chi connectivity index (χ1v) is 5.45.